The van der Waals surface area contributed by atoms with Crippen molar-refractivity contribution in [2.75, 3.05) is 37.7 Å². The van der Waals surface area contributed by atoms with Crippen LogP contribution >= 0.6 is 11.6 Å². The van der Waals surface area contributed by atoms with Crippen LogP contribution in [0.25, 0.3) is 0 Å². The highest BCUT2D eigenvalue weighted by molar-refractivity contribution is 6.30. The zero-order valence-corrected chi connectivity index (χ0v) is 19.2. The molecule has 1 aromatic rings. The fourth-order valence-corrected chi connectivity index (χ4v) is 4.84. The van der Waals surface area contributed by atoms with Crippen LogP contribution in [0.15, 0.2) is 12.4 Å². The molecule has 2 unspecified atom stereocenters. The Balaban J connectivity index is 1.07. The molecule has 186 valence electrons. The molecule has 12 heteroatoms. The summed E-state index contributed by atoms with van der Waals surface area (Å²) in [6, 6.07) is 0.474. The number of nitrogens with one attached hydrogen (secondary N) is 2. The lowest BCUT2D eigenvalue weighted by molar-refractivity contribution is -0.149. The third kappa shape index (κ3) is 7.37. The van der Waals surface area contributed by atoms with E-state index in [1.54, 1.807) is 17.3 Å². The minimum absolute atomic E-state index is 0.0222. The molecule has 3 heterocycles. The van der Waals surface area contributed by atoms with Crippen molar-refractivity contribution >= 4 is 17.5 Å². The number of hydrogen-bond donors (Lipinski definition) is 3. The Bertz CT molecular complexity index is 743. The van der Waals surface area contributed by atoms with Gasteiger partial charge in [0.05, 0.1) is 30.2 Å². The number of piperidine rings is 1. The number of halogens is 4. The zero-order valence-electron chi connectivity index (χ0n) is 18.5. The summed E-state index contributed by atoms with van der Waals surface area (Å²) in [5.74, 6) is 1.89. The minimum atomic E-state index is -4.23. The van der Waals surface area contributed by atoms with Crippen LogP contribution in [0.4, 0.5) is 19.1 Å². The van der Waals surface area contributed by atoms with Crippen molar-refractivity contribution in [2.45, 2.75) is 63.1 Å². The summed E-state index contributed by atoms with van der Waals surface area (Å²) in [7, 11) is 0. The first-order chi connectivity index (χ1) is 15.8. The summed E-state index contributed by atoms with van der Waals surface area (Å²) in [5, 5.41) is 14.1. The number of anilines is 1. The Morgan fingerprint density at radius 2 is 1.94 bits per heavy atom. The van der Waals surface area contributed by atoms with Gasteiger partial charge in [0, 0.05) is 38.6 Å². The van der Waals surface area contributed by atoms with Crippen molar-refractivity contribution in [1.82, 2.24) is 25.7 Å². The molecule has 0 radical (unpaired) electrons. The first kappa shape index (κ1) is 24.9. The summed E-state index contributed by atoms with van der Waals surface area (Å²) in [5.41, 5.74) is 3.11. The molecule has 4 atom stereocenters. The third-order valence-electron chi connectivity index (χ3n) is 6.82. The van der Waals surface area contributed by atoms with Gasteiger partial charge in [-0.2, -0.15) is 13.2 Å². The zero-order chi connectivity index (χ0) is 23.4. The highest BCUT2D eigenvalue weighted by Gasteiger charge is 2.43. The Kier molecular flexibility index (Phi) is 8.29. The van der Waals surface area contributed by atoms with Crippen LogP contribution in [-0.2, 0) is 4.84 Å². The molecule has 0 bridgehead atoms. The van der Waals surface area contributed by atoms with Gasteiger partial charge in [0.1, 0.15) is 6.23 Å². The SMILES string of the molecule is OC(CCC(F)(F)F)N1CCC(ONC[C@@H]2C[C@@H]2C2CCN(c3ncc(Cl)cn3)CN2)CC1. The van der Waals surface area contributed by atoms with E-state index in [4.69, 9.17) is 16.4 Å². The first-order valence-corrected chi connectivity index (χ1v) is 12.0. The van der Waals surface area contributed by atoms with Crippen LogP contribution in [0.3, 0.4) is 0 Å². The van der Waals surface area contributed by atoms with Crippen molar-refractivity contribution in [3.05, 3.63) is 17.4 Å². The molecule has 1 saturated carbocycles. The van der Waals surface area contributed by atoms with Gasteiger partial charge in [-0.3, -0.25) is 15.1 Å². The van der Waals surface area contributed by atoms with E-state index in [1.807, 2.05) is 0 Å². The average molecular weight is 493 g/mol. The van der Waals surface area contributed by atoms with Gasteiger partial charge in [-0.1, -0.05) is 11.6 Å². The molecule has 3 fully saturated rings. The Labute approximate surface area is 196 Å². The second-order valence-corrected chi connectivity index (χ2v) is 9.65. The standard InChI is InChI=1S/C21H32ClF3N6O2/c22-15-11-26-20(27-12-15)31-8-4-18(28-13-31)17-9-14(17)10-29-33-16-2-6-30(7-3-16)19(32)1-5-21(23,24)25/h11-12,14,16-19,28-29,32H,1-10,13H2/t14-,17-,18?,19?/m0/s1. The number of hydroxylamine groups is 1. The molecular formula is C21H32ClF3N6O2. The molecule has 0 spiro atoms. The predicted molar refractivity (Wildman–Crippen MR) is 117 cm³/mol. The van der Waals surface area contributed by atoms with E-state index < -0.39 is 18.8 Å². The van der Waals surface area contributed by atoms with Crippen LogP contribution < -0.4 is 15.7 Å². The molecule has 4 rings (SSSR count). The topological polar surface area (TPSA) is 85.8 Å². The summed E-state index contributed by atoms with van der Waals surface area (Å²) < 4.78 is 37.0. The van der Waals surface area contributed by atoms with Crippen molar-refractivity contribution in [2.24, 2.45) is 11.8 Å². The maximum atomic E-state index is 12.3. The van der Waals surface area contributed by atoms with Gasteiger partial charge >= 0.3 is 6.18 Å². The lowest BCUT2D eigenvalue weighted by Gasteiger charge is -2.35. The van der Waals surface area contributed by atoms with Gasteiger partial charge < -0.3 is 10.0 Å². The molecule has 0 amide bonds. The van der Waals surface area contributed by atoms with E-state index >= 15 is 0 Å². The predicted octanol–water partition coefficient (Wildman–Crippen LogP) is 2.54. The number of aromatic nitrogens is 2. The summed E-state index contributed by atoms with van der Waals surface area (Å²) >= 11 is 5.85. The summed E-state index contributed by atoms with van der Waals surface area (Å²) in [6.45, 7) is 3.49. The van der Waals surface area contributed by atoms with Gasteiger partial charge in [0.25, 0.3) is 0 Å². The molecule has 3 aliphatic rings. The van der Waals surface area contributed by atoms with Crippen LogP contribution in [0.5, 0.6) is 0 Å². The number of hydrogen-bond acceptors (Lipinski definition) is 8. The van der Waals surface area contributed by atoms with E-state index in [0.29, 0.717) is 61.4 Å². The fraction of sp³-hybridized carbons (Fsp3) is 0.810. The van der Waals surface area contributed by atoms with Crippen LogP contribution in [0.1, 0.15) is 38.5 Å². The molecule has 2 aliphatic heterocycles. The molecular weight excluding hydrogens is 461 g/mol. The van der Waals surface area contributed by atoms with Gasteiger partial charge in [-0.05, 0) is 43.9 Å². The van der Waals surface area contributed by atoms with E-state index in [-0.39, 0.29) is 12.5 Å². The Morgan fingerprint density at radius 1 is 1.21 bits per heavy atom. The van der Waals surface area contributed by atoms with Gasteiger partial charge in [-0.25, -0.2) is 15.4 Å². The average Bonchev–Trinajstić information content (AvgIpc) is 3.58. The minimum Gasteiger partial charge on any atom is -0.378 e. The number of likely N-dealkylation sites (tertiary alicyclic amines) is 1. The lowest BCUT2D eigenvalue weighted by Crippen LogP contribution is -2.49. The molecule has 1 aromatic heterocycles. The maximum absolute atomic E-state index is 12.3. The normalized spacial score (nSPS) is 28.2. The molecule has 3 N–H and O–H groups in total. The molecule has 33 heavy (non-hydrogen) atoms. The van der Waals surface area contributed by atoms with Gasteiger partial charge in [-0.15, -0.1) is 0 Å². The number of aliphatic hydroxyl groups excluding tert-OH is 1. The molecule has 8 nitrogen and oxygen atoms in total. The largest absolute Gasteiger partial charge is 0.389 e. The van der Waals surface area contributed by atoms with E-state index in [2.05, 4.69) is 25.7 Å². The fourth-order valence-electron chi connectivity index (χ4n) is 4.75. The van der Waals surface area contributed by atoms with Gasteiger partial charge in [0.15, 0.2) is 0 Å². The lowest BCUT2D eigenvalue weighted by atomic mass is 10.1. The monoisotopic (exact) mass is 492 g/mol. The van der Waals surface area contributed by atoms with E-state index in [0.717, 1.165) is 25.9 Å². The second kappa shape index (κ2) is 11.0. The number of nitrogens with zero attached hydrogens (tertiary/aromatic N) is 4. The van der Waals surface area contributed by atoms with Crippen LogP contribution in [0.2, 0.25) is 5.02 Å². The molecule has 1 aliphatic carbocycles. The molecule has 2 saturated heterocycles. The smallest absolute Gasteiger partial charge is 0.378 e. The Hall–Kier alpha value is -1.24. The van der Waals surface area contributed by atoms with E-state index in [9.17, 15) is 18.3 Å². The number of rotatable bonds is 9. The van der Waals surface area contributed by atoms with Crippen LogP contribution in [-0.4, -0.2) is 77.4 Å². The quantitative estimate of drug-likeness (QED) is 0.453. The van der Waals surface area contributed by atoms with Crippen molar-refractivity contribution < 1.29 is 23.1 Å². The summed E-state index contributed by atoms with van der Waals surface area (Å²) in [4.78, 5) is 18.2. The third-order valence-corrected chi connectivity index (χ3v) is 7.01. The maximum Gasteiger partial charge on any atom is 0.389 e. The number of aliphatic hydroxyl groups is 1. The highest BCUT2D eigenvalue weighted by Crippen LogP contribution is 2.42. The highest BCUT2D eigenvalue weighted by atomic mass is 35.5. The number of alkyl halides is 3. The van der Waals surface area contributed by atoms with Crippen molar-refractivity contribution in [3.63, 3.8) is 0 Å². The second-order valence-electron chi connectivity index (χ2n) is 9.22. The van der Waals surface area contributed by atoms with Crippen LogP contribution in [0, 0.1) is 11.8 Å². The van der Waals surface area contributed by atoms with Crippen molar-refractivity contribution in [3.8, 4) is 0 Å². The first-order valence-electron chi connectivity index (χ1n) is 11.6. The van der Waals surface area contributed by atoms with E-state index in [1.165, 1.54) is 0 Å². The summed E-state index contributed by atoms with van der Waals surface area (Å²) in [6.07, 6.45) is 0.300. The van der Waals surface area contributed by atoms with Gasteiger partial charge in [0.2, 0.25) is 5.95 Å². The Morgan fingerprint density at radius 3 is 2.58 bits per heavy atom. The van der Waals surface area contributed by atoms with Crippen molar-refractivity contribution in [1.29, 1.82) is 0 Å². The molecule has 0 aromatic carbocycles.